The molecule has 0 aliphatic carbocycles. The average Bonchev–Trinajstić information content (AvgIpc) is 3.21. The van der Waals surface area contributed by atoms with Crippen molar-refractivity contribution in [2.24, 2.45) is 0 Å². The molecule has 0 bridgehead atoms. The monoisotopic (exact) mass is 791 g/mol. The Balaban J connectivity index is 4.17. The molecule has 0 aromatic rings. The first-order valence-electron chi connectivity index (χ1n) is 22.7. The molecule has 322 valence electrons. The Morgan fingerprint density at radius 1 is 0.368 bits per heavy atom. The standard InChI is InChI=1S/C51H82O6/c1-4-7-10-13-16-17-18-19-20-21-22-23-24-25-26-27-28-29-30-31-32-33-34-35-36-39-41-44-50(53)56-47-48(57-51(54)45-42-38-15-12-9-6-3)46-55-49(52)43-40-37-14-11-8-5-2/h7,10,16-17,19-20,22-23,25-26,28-29,31-32,34-35,48H,4-6,8-9,11-15,18,21,24,27,30,33,36-47H2,1-3H3/b10-7-,17-16-,20-19-,23-22-,26-25-,29-28-,32-31-,35-34-. The van der Waals surface area contributed by atoms with E-state index in [1.807, 2.05) is 0 Å². The number of ether oxygens (including phenoxy) is 3. The van der Waals surface area contributed by atoms with E-state index in [4.69, 9.17) is 14.2 Å². The highest BCUT2D eigenvalue weighted by Crippen LogP contribution is 2.11. The predicted molar refractivity (Wildman–Crippen MR) is 242 cm³/mol. The molecule has 6 nitrogen and oxygen atoms in total. The summed E-state index contributed by atoms with van der Waals surface area (Å²) >= 11 is 0. The second-order valence-electron chi connectivity index (χ2n) is 14.6. The van der Waals surface area contributed by atoms with Gasteiger partial charge in [0.2, 0.25) is 0 Å². The first-order chi connectivity index (χ1) is 28.0. The fraction of sp³-hybridized carbons (Fsp3) is 0.627. The van der Waals surface area contributed by atoms with Gasteiger partial charge in [-0.1, -0.05) is 182 Å². The van der Waals surface area contributed by atoms with Crippen molar-refractivity contribution in [3.8, 4) is 0 Å². The zero-order valence-electron chi connectivity index (χ0n) is 36.6. The van der Waals surface area contributed by atoms with Gasteiger partial charge in [-0.2, -0.15) is 0 Å². The van der Waals surface area contributed by atoms with Crippen molar-refractivity contribution in [2.75, 3.05) is 13.2 Å². The molecule has 1 unspecified atom stereocenters. The number of hydrogen-bond acceptors (Lipinski definition) is 6. The highest BCUT2D eigenvalue weighted by atomic mass is 16.6. The number of carbonyl (C=O) groups is 3. The molecule has 0 aliphatic rings. The molecule has 0 saturated carbocycles. The van der Waals surface area contributed by atoms with Crippen molar-refractivity contribution in [1.29, 1.82) is 0 Å². The third-order valence-electron chi connectivity index (χ3n) is 9.10. The van der Waals surface area contributed by atoms with Gasteiger partial charge in [-0.3, -0.25) is 14.4 Å². The minimum absolute atomic E-state index is 0.0924. The summed E-state index contributed by atoms with van der Waals surface area (Å²) in [4.78, 5) is 37.3. The van der Waals surface area contributed by atoms with Gasteiger partial charge >= 0.3 is 17.9 Å². The highest BCUT2D eigenvalue weighted by molar-refractivity contribution is 5.71. The smallest absolute Gasteiger partial charge is 0.306 e. The van der Waals surface area contributed by atoms with Crippen molar-refractivity contribution in [1.82, 2.24) is 0 Å². The number of allylic oxidation sites excluding steroid dienone is 16. The van der Waals surface area contributed by atoms with Crippen molar-refractivity contribution in [3.05, 3.63) is 97.2 Å². The normalized spacial score (nSPS) is 13.0. The maximum Gasteiger partial charge on any atom is 0.306 e. The summed E-state index contributed by atoms with van der Waals surface area (Å²) in [5.74, 6) is -0.970. The zero-order valence-corrected chi connectivity index (χ0v) is 36.6. The van der Waals surface area contributed by atoms with E-state index in [9.17, 15) is 14.4 Å². The van der Waals surface area contributed by atoms with E-state index in [2.05, 4.69) is 118 Å². The fourth-order valence-corrected chi connectivity index (χ4v) is 5.69. The molecule has 1 atom stereocenters. The Morgan fingerprint density at radius 3 is 1.07 bits per heavy atom. The number of unbranched alkanes of at least 4 members (excludes halogenated alkanes) is 12. The summed E-state index contributed by atoms with van der Waals surface area (Å²) < 4.78 is 16.5. The summed E-state index contributed by atoms with van der Waals surface area (Å²) in [5, 5.41) is 0. The SMILES string of the molecule is CC/C=C\C/C=C\C/C=C\C/C=C\C/C=C\C/C=C\C/C=C\C/C=C\CCCCC(=O)OCC(COC(=O)CCCCCCCC)OC(=O)CCCCCCCC. The Hall–Kier alpha value is -3.67. The maximum absolute atomic E-state index is 12.5. The third kappa shape index (κ3) is 43.3. The molecule has 0 heterocycles. The van der Waals surface area contributed by atoms with E-state index >= 15 is 0 Å². The van der Waals surface area contributed by atoms with Gasteiger partial charge < -0.3 is 14.2 Å². The minimum Gasteiger partial charge on any atom is -0.462 e. The Kier molecular flexibility index (Phi) is 42.1. The van der Waals surface area contributed by atoms with E-state index < -0.39 is 6.10 Å². The molecule has 0 saturated heterocycles. The molecule has 57 heavy (non-hydrogen) atoms. The first kappa shape index (κ1) is 53.3. The molecular formula is C51H82O6. The second kappa shape index (κ2) is 45.0. The van der Waals surface area contributed by atoms with Crippen LogP contribution >= 0.6 is 0 Å². The van der Waals surface area contributed by atoms with Crippen molar-refractivity contribution >= 4 is 17.9 Å². The Bertz CT molecular complexity index is 1180. The first-order valence-corrected chi connectivity index (χ1v) is 22.7. The molecule has 0 aliphatic heterocycles. The van der Waals surface area contributed by atoms with E-state index in [1.165, 1.54) is 38.5 Å². The third-order valence-corrected chi connectivity index (χ3v) is 9.10. The van der Waals surface area contributed by atoms with Crippen LogP contribution < -0.4 is 0 Å². The van der Waals surface area contributed by atoms with E-state index in [0.29, 0.717) is 19.3 Å². The van der Waals surface area contributed by atoms with E-state index in [-0.39, 0.29) is 31.1 Å². The van der Waals surface area contributed by atoms with Gasteiger partial charge in [0.25, 0.3) is 0 Å². The molecule has 6 heteroatoms. The topological polar surface area (TPSA) is 78.9 Å². The summed E-state index contributed by atoms with van der Waals surface area (Å²) in [5.41, 5.74) is 0. The van der Waals surface area contributed by atoms with Crippen LogP contribution in [0, 0.1) is 0 Å². The van der Waals surface area contributed by atoms with E-state index in [0.717, 1.165) is 109 Å². The van der Waals surface area contributed by atoms with Gasteiger partial charge in [0.1, 0.15) is 13.2 Å². The highest BCUT2D eigenvalue weighted by Gasteiger charge is 2.19. The summed E-state index contributed by atoms with van der Waals surface area (Å²) in [6, 6.07) is 0. The number of hydrogen-bond donors (Lipinski definition) is 0. The predicted octanol–water partition coefficient (Wildman–Crippen LogP) is 14.6. The van der Waals surface area contributed by atoms with Gasteiger partial charge in [-0.15, -0.1) is 0 Å². The number of esters is 3. The lowest BCUT2D eigenvalue weighted by Gasteiger charge is -2.18. The van der Waals surface area contributed by atoms with Gasteiger partial charge in [-0.25, -0.2) is 0 Å². The fourth-order valence-electron chi connectivity index (χ4n) is 5.69. The average molecular weight is 791 g/mol. The Labute approximate surface area is 349 Å². The molecular weight excluding hydrogens is 709 g/mol. The van der Waals surface area contributed by atoms with Gasteiger partial charge in [-0.05, 0) is 83.5 Å². The lowest BCUT2D eigenvalue weighted by Crippen LogP contribution is -2.30. The van der Waals surface area contributed by atoms with Crippen LogP contribution in [0.15, 0.2) is 97.2 Å². The quantitative estimate of drug-likeness (QED) is 0.0267. The molecule has 0 aromatic heterocycles. The van der Waals surface area contributed by atoms with Gasteiger partial charge in [0.15, 0.2) is 6.10 Å². The van der Waals surface area contributed by atoms with Crippen molar-refractivity contribution < 1.29 is 28.6 Å². The molecule has 0 amide bonds. The summed E-state index contributed by atoms with van der Waals surface area (Å²) in [7, 11) is 0. The van der Waals surface area contributed by atoms with Crippen LogP contribution in [0.4, 0.5) is 0 Å². The van der Waals surface area contributed by atoms with E-state index in [1.54, 1.807) is 0 Å². The van der Waals surface area contributed by atoms with Gasteiger partial charge in [0.05, 0.1) is 0 Å². The largest absolute Gasteiger partial charge is 0.462 e. The minimum atomic E-state index is -0.787. The van der Waals surface area contributed by atoms with Crippen LogP contribution in [0.5, 0.6) is 0 Å². The molecule has 0 rings (SSSR count). The second-order valence-corrected chi connectivity index (χ2v) is 14.6. The maximum atomic E-state index is 12.5. The van der Waals surface area contributed by atoms with Crippen molar-refractivity contribution in [3.63, 3.8) is 0 Å². The summed E-state index contributed by atoms with van der Waals surface area (Å²) in [6.07, 6.45) is 58.8. The molecule has 0 aromatic carbocycles. The molecule has 0 fully saturated rings. The lowest BCUT2D eigenvalue weighted by molar-refractivity contribution is -0.167. The molecule has 0 N–H and O–H groups in total. The van der Waals surface area contributed by atoms with Gasteiger partial charge in [0, 0.05) is 19.3 Å². The van der Waals surface area contributed by atoms with Crippen LogP contribution in [-0.2, 0) is 28.6 Å². The number of carbonyl (C=O) groups excluding carboxylic acids is 3. The molecule has 0 spiro atoms. The van der Waals surface area contributed by atoms with Crippen LogP contribution in [0.3, 0.4) is 0 Å². The summed E-state index contributed by atoms with van der Waals surface area (Å²) in [6.45, 7) is 6.32. The Morgan fingerprint density at radius 2 is 0.684 bits per heavy atom. The van der Waals surface area contributed by atoms with Crippen LogP contribution in [0.25, 0.3) is 0 Å². The molecule has 0 radical (unpaired) electrons. The van der Waals surface area contributed by atoms with Crippen molar-refractivity contribution in [2.45, 2.75) is 194 Å². The zero-order chi connectivity index (χ0) is 41.5. The van der Waals surface area contributed by atoms with Crippen LogP contribution in [-0.4, -0.2) is 37.2 Å². The van der Waals surface area contributed by atoms with Crippen LogP contribution in [0.1, 0.15) is 188 Å². The lowest BCUT2D eigenvalue weighted by atomic mass is 10.1. The van der Waals surface area contributed by atoms with Crippen LogP contribution in [0.2, 0.25) is 0 Å². The number of rotatable bonds is 39.